The van der Waals surface area contributed by atoms with Crippen LogP contribution in [0.15, 0.2) is 138 Å². The molecule has 0 radical (unpaired) electrons. The Bertz CT molecular complexity index is 2140. The molecule has 190 valence electrons. The summed E-state index contributed by atoms with van der Waals surface area (Å²) in [5.41, 5.74) is 10.6. The van der Waals surface area contributed by atoms with E-state index >= 15 is 0 Å². The highest BCUT2D eigenvalue weighted by Crippen LogP contribution is 2.40. The molecule has 7 rings (SSSR count). The summed E-state index contributed by atoms with van der Waals surface area (Å²) in [5.74, 6) is 0. The smallest absolute Gasteiger partial charge is 0.136 e. The Morgan fingerprint density at radius 3 is 1.68 bits per heavy atom. The minimum Gasteiger partial charge on any atom is -0.456 e. The van der Waals surface area contributed by atoms with Crippen LogP contribution in [0, 0.1) is 22.7 Å². The second kappa shape index (κ2) is 10.0. The number of nitrogens with zero attached hydrogens (tertiary/aromatic N) is 2. The van der Waals surface area contributed by atoms with Crippen LogP contribution in [-0.4, -0.2) is 0 Å². The van der Waals surface area contributed by atoms with Crippen LogP contribution in [0.2, 0.25) is 0 Å². The van der Waals surface area contributed by atoms with E-state index in [0.29, 0.717) is 16.7 Å². The van der Waals surface area contributed by atoms with Gasteiger partial charge in [0.05, 0.1) is 17.2 Å². The van der Waals surface area contributed by atoms with E-state index in [-0.39, 0.29) is 0 Å². The summed E-state index contributed by atoms with van der Waals surface area (Å²) in [6, 6.07) is 49.3. The molecule has 0 atom stereocenters. The molecule has 3 nitrogen and oxygen atoms in total. The molecule has 0 aliphatic carbocycles. The van der Waals surface area contributed by atoms with Crippen molar-refractivity contribution in [3.63, 3.8) is 0 Å². The Balaban J connectivity index is 1.45. The van der Waals surface area contributed by atoms with E-state index < -0.39 is 0 Å². The highest BCUT2D eigenvalue weighted by atomic mass is 16.3. The zero-order chi connectivity index (χ0) is 27.8. The van der Waals surface area contributed by atoms with E-state index in [4.69, 9.17) is 4.42 Å². The molecule has 41 heavy (non-hydrogen) atoms. The van der Waals surface area contributed by atoms with Gasteiger partial charge in [0.1, 0.15) is 17.2 Å². The predicted molar refractivity (Wildman–Crippen MR) is 165 cm³/mol. The van der Waals surface area contributed by atoms with Crippen LogP contribution in [0.5, 0.6) is 0 Å². The van der Waals surface area contributed by atoms with Crippen molar-refractivity contribution in [2.75, 3.05) is 0 Å². The lowest BCUT2D eigenvalue weighted by molar-refractivity contribution is 0.669. The van der Waals surface area contributed by atoms with Crippen LogP contribution in [0.1, 0.15) is 11.1 Å². The number of furan rings is 1. The van der Waals surface area contributed by atoms with Gasteiger partial charge in [-0.15, -0.1) is 0 Å². The van der Waals surface area contributed by atoms with Gasteiger partial charge in [-0.25, -0.2) is 0 Å². The van der Waals surface area contributed by atoms with Crippen LogP contribution >= 0.6 is 0 Å². The first kappa shape index (κ1) is 24.2. The van der Waals surface area contributed by atoms with Gasteiger partial charge in [-0.3, -0.25) is 0 Å². The molecule has 0 unspecified atom stereocenters. The summed E-state index contributed by atoms with van der Waals surface area (Å²) in [5, 5.41) is 21.9. The topological polar surface area (TPSA) is 60.7 Å². The number of hydrogen-bond donors (Lipinski definition) is 0. The highest BCUT2D eigenvalue weighted by Gasteiger charge is 2.17. The lowest BCUT2D eigenvalue weighted by atomic mass is 9.87. The standard InChI is InChI=1S/C38H22N2O/c39-23-30-12-7-13-37-38(30)34-20-29(18-19-36(34)41-37)31-21-32(27-10-5-2-6-11-27)35(24-40)33(22-31)28-16-14-26(15-17-28)25-8-3-1-4-9-25/h1-22H. The number of hydrogen-bond acceptors (Lipinski definition) is 3. The maximum Gasteiger partial charge on any atom is 0.136 e. The van der Waals surface area contributed by atoms with Gasteiger partial charge in [-0.1, -0.05) is 97.1 Å². The monoisotopic (exact) mass is 522 g/mol. The first-order valence-electron chi connectivity index (χ1n) is 13.4. The molecule has 0 aliphatic heterocycles. The van der Waals surface area contributed by atoms with Gasteiger partial charge in [-0.2, -0.15) is 10.5 Å². The van der Waals surface area contributed by atoms with Crippen molar-refractivity contribution < 1.29 is 4.42 Å². The van der Waals surface area contributed by atoms with Crippen LogP contribution in [0.25, 0.3) is 66.4 Å². The first-order chi connectivity index (χ1) is 20.2. The fourth-order valence-electron chi connectivity index (χ4n) is 5.57. The van der Waals surface area contributed by atoms with Crippen LogP contribution in [0.3, 0.4) is 0 Å². The Hall–Kier alpha value is -5.90. The van der Waals surface area contributed by atoms with Crippen molar-refractivity contribution in [2.24, 2.45) is 0 Å². The molecular formula is C38H22N2O. The third-order valence-electron chi connectivity index (χ3n) is 7.59. The van der Waals surface area contributed by atoms with Crippen LogP contribution in [-0.2, 0) is 0 Å². The van der Waals surface area contributed by atoms with Gasteiger partial charge in [0.2, 0.25) is 0 Å². The molecule has 0 N–H and O–H groups in total. The fraction of sp³-hybridized carbons (Fsp3) is 0. The minimum atomic E-state index is 0.586. The predicted octanol–water partition coefficient (Wildman–Crippen LogP) is 10.00. The molecular weight excluding hydrogens is 500 g/mol. The molecule has 1 aromatic heterocycles. The first-order valence-corrected chi connectivity index (χ1v) is 13.4. The zero-order valence-corrected chi connectivity index (χ0v) is 22.0. The molecule has 0 saturated carbocycles. The summed E-state index contributed by atoms with van der Waals surface area (Å²) in [6.45, 7) is 0. The Kier molecular flexibility index (Phi) is 5.90. The third-order valence-corrected chi connectivity index (χ3v) is 7.59. The van der Waals surface area contributed by atoms with Gasteiger partial charge in [0.15, 0.2) is 0 Å². The Morgan fingerprint density at radius 1 is 0.439 bits per heavy atom. The summed E-state index contributed by atoms with van der Waals surface area (Å²) in [4.78, 5) is 0. The Morgan fingerprint density at radius 2 is 1.02 bits per heavy atom. The number of benzene rings is 6. The number of fused-ring (bicyclic) bond motifs is 3. The molecule has 7 aromatic rings. The van der Waals surface area contributed by atoms with Gasteiger partial charge in [-0.05, 0) is 69.8 Å². The molecule has 0 bridgehead atoms. The number of rotatable bonds is 4. The summed E-state index contributed by atoms with van der Waals surface area (Å²) in [6.07, 6.45) is 0. The van der Waals surface area contributed by atoms with Gasteiger partial charge < -0.3 is 4.42 Å². The third kappa shape index (κ3) is 4.23. The maximum absolute atomic E-state index is 10.4. The van der Waals surface area contributed by atoms with Crippen molar-refractivity contribution in [3.05, 3.63) is 145 Å². The normalized spacial score (nSPS) is 10.9. The molecule has 0 saturated heterocycles. The van der Waals surface area contributed by atoms with Crippen LogP contribution < -0.4 is 0 Å². The summed E-state index contributed by atoms with van der Waals surface area (Å²) < 4.78 is 6.06. The molecule has 6 aromatic carbocycles. The average Bonchev–Trinajstić information content (AvgIpc) is 3.43. The SMILES string of the molecule is N#Cc1c(-c2ccccc2)cc(-c2ccc3oc4cccc(C#N)c4c3c2)cc1-c1ccc(-c2ccccc2)cc1. The van der Waals surface area contributed by atoms with E-state index in [1.54, 1.807) is 0 Å². The lowest BCUT2D eigenvalue weighted by Gasteiger charge is -2.15. The lowest BCUT2D eigenvalue weighted by Crippen LogP contribution is -1.93. The van der Waals surface area contributed by atoms with Gasteiger partial charge in [0.25, 0.3) is 0 Å². The number of nitriles is 2. The Labute approximate surface area is 237 Å². The van der Waals surface area contributed by atoms with Crippen molar-refractivity contribution in [3.8, 4) is 56.6 Å². The zero-order valence-electron chi connectivity index (χ0n) is 22.0. The van der Waals surface area contributed by atoms with E-state index in [2.05, 4.69) is 66.7 Å². The molecule has 0 aliphatic rings. The van der Waals surface area contributed by atoms with Gasteiger partial charge >= 0.3 is 0 Å². The van der Waals surface area contributed by atoms with Crippen molar-refractivity contribution in [2.45, 2.75) is 0 Å². The molecule has 0 spiro atoms. The second-order valence-corrected chi connectivity index (χ2v) is 9.97. The fourth-order valence-corrected chi connectivity index (χ4v) is 5.57. The largest absolute Gasteiger partial charge is 0.456 e. The van der Waals surface area contributed by atoms with E-state index in [9.17, 15) is 10.5 Å². The minimum absolute atomic E-state index is 0.586. The summed E-state index contributed by atoms with van der Waals surface area (Å²) in [7, 11) is 0. The maximum atomic E-state index is 10.4. The summed E-state index contributed by atoms with van der Waals surface area (Å²) >= 11 is 0. The molecule has 1 heterocycles. The van der Waals surface area contributed by atoms with Crippen molar-refractivity contribution in [1.29, 1.82) is 10.5 Å². The quantitative estimate of drug-likeness (QED) is 0.231. The average molecular weight is 523 g/mol. The molecule has 0 amide bonds. The van der Waals surface area contributed by atoms with Crippen molar-refractivity contribution >= 4 is 21.9 Å². The molecule has 0 fully saturated rings. The van der Waals surface area contributed by atoms with E-state index in [1.165, 1.54) is 0 Å². The van der Waals surface area contributed by atoms with Crippen molar-refractivity contribution in [1.82, 2.24) is 0 Å². The van der Waals surface area contributed by atoms with Crippen LogP contribution in [0.4, 0.5) is 0 Å². The van der Waals surface area contributed by atoms with E-state index in [0.717, 1.165) is 60.9 Å². The second-order valence-electron chi connectivity index (χ2n) is 9.97. The van der Waals surface area contributed by atoms with Gasteiger partial charge in [0, 0.05) is 21.9 Å². The molecule has 3 heteroatoms. The van der Waals surface area contributed by atoms with E-state index in [1.807, 2.05) is 78.9 Å². The highest BCUT2D eigenvalue weighted by molar-refractivity contribution is 6.09.